The second-order valence-electron chi connectivity index (χ2n) is 4.43. The summed E-state index contributed by atoms with van der Waals surface area (Å²) in [6.07, 6.45) is 2.73. The lowest BCUT2D eigenvalue weighted by Gasteiger charge is -2.09. The van der Waals surface area contributed by atoms with Crippen molar-refractivity contribution in [3.8, 4) is 11.4 Å². The van der Waals surface area contributed by atoms with E-state index in [1.807, 2.05) is 0 Å². The van der Waals surface area contributed by atoms with E-state index >= 15 is 0 Å². The SMILES string of the molecule is O=S(=O)(Oc1cccc(-n2cncn2)c1)c1cccc(F)c1F. The van der Waals surface area contributed by atoms with Crippen LogP contribution in [0.3, 0.4) is 0 Å². The lowest BCUT2D eigenvalue weighted by atomic mass is 10.3. The van der Waals surface area contributed by atoms with Gasteiger partial charge in [-0.1, -0.05) is 12.1 Å². The Hall–Kier alpha value is -2.81. The number of halogens is 2. The third-order valence-electron chi connectivity index (χ3n) is 2.89. The van der Waals surface area contributed by atoms with Crippen molar-refractivity contribution in [2.75, 3.05) is 0 Å². The summed E-state index contributed by atoms with van der Waals surface area (Å²) in [7, 11) is -4.51. The van der Waals surface area contributed by atoms with Gasteiger partial charge in [-0.2, -0.15) is 13.5 Å². The van der Waals surface area contributed by atoms with Crippen LogP contribution in [0.2, 0.25) is 0 Å². The summed E-state index contributed by atoms with van der Waals surface area (Å²) in [5.41, 5.74) is 0.495. The van der Waals surface area contributed by atoms with E-state index in [1.54, 1.807) is 6.07 Å². The van der Waals surface area contributed by atoms with E-state index in [4.69, 9.17) is 4.18 Å². The second kappa shape index (κ2) is 5.76. The fourth-order valence-electron chi connectivity index (χ4n) is 1.87. The van der Waals surface area contributed by atoms with Crippen LogP contribution in [-0.4, -0.2) is 23.2 Å². The molecule has 6 nitrogen and oxygen atoms in total. The molecule has 0 bridgehead atoms. The Bertz CT molecular complexity index is 944. The summed E-state index contributed by atoms with van der Waals surface area (Å²) in [6.45, 7) is 0. The summed E-state index contributed by atoms with van der Waals surface area (Å²) in [6, 6.07) is 8.76. The zero-order valence-corrected chi connectivity index (χ0v) is 12.2. The molecule has 3 aromatic rings. The summed E-state index contributed by atoms with van der Waals surface area (Å²) in [5, 5.41) is 3.90. The first kappa shape index (κ1) is 15.1. The molecular formula is C14H9F2N3O3S. The van der Waals surface area contributed by atoms with Crippen LogP contribution in [0.25, 0.3) is 5.69 Å². The summed E-state index contributed by atoms with van der Waals surface area (Å²) >= 11 is 0. The number of benzene rings is 2. The highest BCUT2D eigenvalue weighted by atomic mass is 32.2. The number of rotatable bonds is 4. The number of hydrogen-bond donors (Lipinski definition) is 0. The maximum absolute atomic E-state index is 13.6. The Morgan fingerprint density at radius 1 is 1.09 bits per heavy atom. The lowest BCUT2D eigenvalue weighted by Crippen LogP contribution is -2.12. The van der Waals surface area contributed by atoms with Gasteiger partial charge in [-0.25, -0.2) is 18.4 Å². The zero-order chi connectivity index (χ0) is 16.4. The molecule has 0 amide bonds. The number of aromatic nitrogens is 3. The van der Waals surface area contributed by atoms with Gasteiger partial charge in [0.15, 0.2) is 11.6 Å². The molecule has 1 aromatic heterocycles. The molecule has 9 heteroatoms. The highest BCUT2D eigenvalue weighted by molar-refractivity contribution is 7.87. The molecule has 0 aliphatic carbocycles. The molecule has 0 saturated heterocycles. The largest absolute Gasteiger partial charge is 0.379 e. The molecular weight excluding hydrogens is 328 g/mol. The molecule has 0 fully saturated rings. The van der Waals surface area contributed by atoms with E-state index in [-0.39, 0.29) is 5.75 Å². The summed E-state index contributed by atoms with van der Waals surface area (Å²) < 4.78 is 57.3. The average Bonchev–Trinajstić information content (AvgIpc) is 3.04. The predicted octanol–water partition coefficient (Wildman–Crippen LogP) is 2.31. The maximum Gasteiger partial charge on any atom is 0.342 e. The topological polar surface area (TPSA) is 74.1 Å². The Morgan fingerprint density at radius 3 is 2.61 bits per heavy atom. The Kier molecular flexibility index (Phi) is 3.78. The van der Waals surface area contributed by atoms with Crippen molar-refractivity contribution in [3.05, 3.63) is 66.8 Å². The lowest BCUT2D eigenvalue weighted by molar-refractivity contribution is 0.456. The van der Waals surface area contributed by atoms with Gasteiger partial charge in [0, 0.05) is 6.07 Å². The summed E-state index contributed by atoms with van der Waals surface area (Å²) in [5.74, 6) is -2.83. The quantitative estimate of drug-likeness (QED) is 0.683. The van der Waals surface area contributed by atoms with Gasteiger partial charge in [0.2, 0.25) is 0 Å². The van der Waals surface area contributed by atoms with E-state index in [2.05, 4.69) is 10.1 Å². The van der Waals surface area contributed by atoms with Crippen LogP contribution in [0.4, 0.5) is 8.78 Å². The Morgan fingerprint density at radius 2 is 1.87 bits per heavy atom. The molecule has 0 radical (unpaired) electrons. The predicted molar refractivity (Wildman–Crippen MR) is 75.5 cm³/mol. The average molecular weight is 337 g/mol. The third kappa shape index (κ3) is 3.04. The summed E-state index contributed by atoms with van der Waals surface area (Å²) in [4.78, 5) is 2.90. The molecule has 0 spiro atoms. The monoisotopic (exact) mass is 337 g/mol. The van der Waals surface area contributed by atoms with Gasteiger partial charge in [-0.05, 0) is 24.3 Å². The first-order valence-corrected chi connectivity index (χ1v) is 7.72. The van der Waals surface area contributed by atoms with Crippen LogP contribution < -0.4 is 4.18 Å². The minimum absolute atomic E-state index is 0.0679. The van der Waals surface area contributed by atoms with E-state index in [0.717, 1.165) is 18.2 Å². The molecule has 0 saturated carbocycles. The van der Waals surface area contributed by atoms with Crippen molar-refractivity contribution in [3.63, 3.8) is 0 Å². The Labute approximate surface area is 130 Å². The maximum atomic E-state index is 13.6. The highest BCUT2D eigenvalue weighted by Crippen LogP contribution is 2.23. The van der Waals surface area contributed by atoms with Crippen molar-refractivity contribution < 1.29 is 21.4 Å². The van der Waals surface area contributed by atoms with Crippen LogP contribution >= 0.6 is 0 Å². The molecule has 1 heterocycles. The van der Waals surface area contributed by atoms with Crippen LogP contribution in [-0.2, 0) is 10.1 Å². The smallest absolute Gasteiger partial charge is 0.342 e. The fraction of sp³-hybridized carbons (Fsp3) is 0. The van der Waals surface area contributed by atoms with Crippen molar-refractivity contribution in [2.45, 2.75) is 4.90 Å². The molecule has 23 heavy (non-hydrogen) atoms. The molecule has 0 N–H and O–H groups in total. The van der Waals surface area contributed by atoms with Gasteiger partial charge in [0.25, 0.3) is 0 Å². The van der Waals surface area contributed by atoms with E-state index in [9.17, 15) is 17.2 Å². The molecule has 118 valence electrons. The van der Waals surface area contributed by atoms with Gasteiger partial charge in [-0.15, -0.1) is 0 Å². The minimum atomic E-state index is -4.51. The molecule has 2 aromatic carbocycles. The van der Waals surface area contributed by atoms with Gasteiger partial charge < -0.3 is 4.18 Å². The van der Waals surface area contributed by atoms with Gasteiger partial charge >= 0.3 is 10.1 Å². The molecule has 0 aliphatic heterocycles. The van der Waals surface area contributed by atoms with Crippen LogP contribution in [0.15, 0.2) is 60.0 Å². The van der Waals surface area contributed by atoms with Crippen molar-refractivity contribution in [1.82, 2.24) is 14.8 Å². The third-order valence-corrected chi connectivity index (χ3v) is 4.16. The molecule has 0 unspecified atom stereocenters. The van der Waals surface area contributed by atoms with E-state index in [0.29, 0.717) is 5.69 Å². The number of hydrogen-bond acceptors (Lipinski definition) is 5. The van der Waals surface area contributed by atoms with Crippen LogP contribution in [0, 0.1) is 11.6 Å². The highest BCUT2D eigenvalue weighted by Gasteiger charge is 2.23. The van der Waals surface area contributed by atoms with Crippen molar-refractivity contribution in [2.24, 2.45) is 0 Å². The Balaban J connectivity index is 1.95. The van der Waals surface area contributed by atoms with Gasteiger partial charge in [-0.3, -0.25) is 0 Å². The van der Waals surface area contributed by atoms with E-state index < -0.39 is 26.6 Å². The zero-order valence-electron chi connectivity index (χ0n) is 11.4. The first-order chi connectivity index (χ1) is 11.0. The first-order valence-electron chi connectivity index (χ1n) is 6.31. The second-order valence-corrected chi connectivity index (χ2v) is 5.94. The standard InChI is InChI=1S/C14H9F2N3O3S/c15-12-5-2-6-13(14(12)16)23(20,21)22-11-4-1-3-10(7-11)19-9-17-8-18-19/h1-9H. The van der Waals surface area contributed by atoms with Crippen LogP contribution in [0.1, 0.15) is 0 Å². The van der Waals surface area contributed by atoms with E-state index in [1.165, 1.54) is 35.5 Å². The molecule has 0 aliphatic rings. The van der Waals surface area contributed by atoms with Crippen LogP contribution in [0.5, 0.6) is 5.75 Å². The van der Waals surface area contributed by atoms with Gasteiger partial charge in [0.1, 0.15) is 23.3 Å². The van der Waals surface area contributed by atoms with Crippen molar-refractivity contribution in [1.29, 1.82) is 0 Å². The van der Waals surface area contributed by atoms with Crippen molar-refractivity contribution >= 4 is 10.1 Å². The fourth-order valence-corrected chi connectivity index (χ4v) is 2.88. The molecule has 3 rings (SSSR count). The normalized spacial score (nSPS) is 11.4. The minimum Gasteiger partial charge on any atom is -0.379 e. The molecule has 0 atom stereocenters. The van der Waals surface area contributed by atoms with Gasteiger partial charge in [0.05, 0.1) is 5.69 Å². The number of nitrogens with zero attached hydrogens (tertiary/aromatic N) is 3.